The van der Waals surface area contributed by atoms with Crippen molar-refractivity contribution >= 4 is 35.0 Å². The number of hydrogen-bond acceptors (Lipinski definition) is 5. The summed E-state index contributed by atoms with van der Waals surface area (Å²) in [6.45, 7) is 1.17. The van der Waals surface area contributed by atoms with Gasteiger partial charge in [-0.25, -0.2) is 0 Å². The zero-order valence-corrected chi connectivity index (χ0v) is 17.5. The molecule has 2 saturated heterocycles. The third-order valence-electron chi connectivity index (χ3n) is 6.90. The first kappa shape index (κ1) is 19.4. The number of imide groups is 1. The molecular formula is C22H24ClN3O4. The predicted molar refractivity (Wildman–Crippen MR) is 111 cm³/mol. The summed E-state index contributed by atoms with van der Waals surface area (Å²) >= 11 is 6.13. The fraction of sp³-hybridized carbons (Fsp3) is 0.500. The first-order valence-corrected chi connectivity index (χ1v) is 10.8. The van der Waals surface area contributed by atoms with Crippen molar-refractivity contribution in [1.82, 2.24) is 10.2 Å². The lowest BCUT2D eigenvalue weighted by atomic mass is 9.85. The van der Waals surface area contributed by atoms with Gasteiger partial charge < -0.3 is 15.0 Å². The molecule has 1 saturated carbocycles. The van der Waals surface area contributed by atoms with Crippen molar-refractivity contribution in [3.63, 3.8) is 0 Å². The van der Waals surface area contributed by atoms with Crippen LogP contribution in [0.4, 0.5) is 5.69 Å². The van der Waals surface area contributed by atoms with Gasteiger partial charge in [-0.15, -0.1) is 0 Å². The topological polar surface area (TPSA) is 79.0 Å². The van der Waals surface area contributed by atoms with E-state index in [9.17, 15) is 14.4 Å². The van der Waals surface area contributed by atoms with Gasteiger partial charge in [-0.3, -0.25) is 19.3 Å². The number of hydrogen-bond donors (Lipinski definition) is 1. The molecule has 2 aliphatic heterocycles. The summed E-state index contributed by atoms with van der Waals surface area (Å²) in [6, 6.07) is 5.40. The van der Waals surface area contributed by atoms with Crippen LogP contribution in [0.25, 0.3) is 0 Å². The number of amides is 3. The number of halogens is 1. The fourth-order valence-corrected chi connectivity index (χ4v) is 5.71. The highest BCUT2D eigenvalue weighted by Crippen LogP contribution is 2.52. The molecule has 0 radical (unpaired) electrons. The number of rotatable bonds is 5. The molecule has 3 fully saturated rings. The van der Waals surface area contributed by atoms with Crippen molar-refractivity contribution < 1.29 is 19.1 Å². The molecule has 4 aliphatic rings. The lowest BCUT2D eigenvalue weighted by Gasteiger charge is -2.22. The van der Waals surface area contributed by atoms with Crippen molar-refractivity contribution in [2.75, 3.05) is 31.6 Å². The van der Waals surface area contributed by atoms with Crippen LogP contribution in [0.3, 0.4) is 0 Å². The van der Waals surface area contributed by atoms with E-state index in [1.807, 2.05) is 12.1 Å². The summed E-state index contributed by atoms with van der Waals surface area (Å²) in [6.07, 6.45) is 5.76. The molecule has 0 spiro atoms. The van der Waals surface area contributed by atoms with Crippen LogP contribution in [0.1, 0.15) is 12.8 Å². The minimum Gasteiger partial charge on any atom is -0.495 e. The maximum Gasteiger partial charge on any atom is 0.240 e. The first-order chi connectivity index (χ1) is 14.5. The van der Waals surface area contributed by atoms with E-state index in [1.54, 1.807) is 13.2 Å². The Hall–Kier alpha value is -2.54. The molecule has 7 nitrogen and oxygen atoms in total. The van der Waals surface area contributed by atoms with Gasteiger partial charge >= 0.3 is 0 Å². The quantitative estimate of drug-likeness (QED) is 0.571. The smallest absolute Gasteiger partial charge is 0.240 e. The van der Waals surface area contributed by atoms with E-state index in [0.717, 1.165) is 30.8 Å². The number of methoxy groups -OCH3 is 1. The van der Waals surface area contributed by atoms with Gasteiger partial charge in [-0.1, -0.05) is 23.8 Å². The van der Waals surface area contributed by atoms with Crippen LogP contribution in [-0.4, -0.2) is 55.4 Å². The number of benzene rings is 1. The van der Waals surface area contributed by atoms with Gasteiger partial charge in [0.05, 0.1) is 24.6 Å². The molecule has 1 aromatic rings. The fourth-order valence-electron chi connectivity index (χ4n) is 5.54. The molecule has 8 heteroatoms. The highest BCUT2D eigenvalue weighted by molar-refractivity contribution is 6.31. The number of allylic oxidation sites excluding steroid dienone is 2. The van der Waals surface area contributed by atoms with Crippen LogP contribution in [-0.2, 0) is 14.4 Å². The van der Waals surface area contributed by atoms with E-state index in [-0.39, 0.29) is 54.0 Å². The van der Waals surface area contributed by atoms with E-state index >= 15 is 0 Å². The molecule has 158 valence electrons. The zero-order valence-electron chi connectivity index (χ0n) is 16.7. The minimum absolute atomic E-state index is 0.0636. The Labute approximate surface area is 180 Å². The summed E-state index contributed by atoms with van der Waals surface area (Å²) in [4.78, 5) is 41.4. The van der Waals surface area contributed by atoms with Crippen molar-refractivity contribution in [3.8, 4) is 5.75 Å². The highest BCUT2D eigenvalue weighted by atomic mass is 35.5. The second-order valence-corrected chi connectivity index (χ2v) is 9.01. The molecule has 2 heterocycles. The van der Waals surface area contributed by atoms with Crippen LogP contribution < -0.4 is 15.0 Å². The Morgan fingerprint density at radius 2 is 1.90 bits per heavy atom. The number of nitrogens with one attached hydrogen (secondary N) is 1. The Balaban J connectivity index is 1.20. The molecule has 2 bridgehead atoms. The predicted octanol–water partition coefficient (Wildman–Crippen LogP) is 1.85. The molecule has 30 heavy (non-hydrogen) atoms. The van der Waals surface area contributed by atoms with Gasteiger partial charge in [0.2, 0.25) is 17.7 Å². The summed E-state index contributed by atoms with van der Waals surface area (Å²) in [5.74, 6) is -0.157. The maximum atomic E-state index is 12.8. The van der Waals surface area contributed by atoms with Crippen LogP contribution in [0.2, 0.25) is 5.02 Å². The maximum absolute atomic E-state index is 12.8. The molecule has 0 aromatic heterocycles. The highest BCUT2D eigenvalue weighted by Gasteiger charge is 2.59. The number of fused-ring (bicyclic) bond motifs is 5. The number of likely N-dealkylation sites (tertiary alicyclic amines) is 1. The van der Waals surface area contributed by atoms with E-state index in [2.05, 4.69) is 22.4 Å². The molecule has 1 N–H and O–H groups in total. The van der Waals surface area contributed by atoms with Crippen LogP contribution in [0, 0.1) is 23.7 Å². The van der Waals surface area contributed by atoms with Gasteiger partial charge in [0, 0.05) is 24.2 Å². The normalized spacial score (nSPS) is 31.6. The summed E-state index contributed by atoms with van der Waals surface area (Å²) in [5.41, 5.74) is 0.891. The number of ether oxygens (including phenoxy) is 1. The van der Waals surface area contributed by atoms with E-state index in [0.29, 0.717) is 11.6 Å². The second-order valence-electron chi connectivity index (χ2n) is 8.58. The van der Waals surface area contributed by atoms with Gasteiger partial charge in [-0.05, 0) is 42.9 Å². The molecule has 3 amide bonds. The van der Waals surface area contributed by atoms with Gasteiger partial charge in [0.1, 0.15) is 12.3 Å². The van der Waals surface area contributed by atoms with Gasteiger partial charge in [0.15, 0.2) is 0 Å². The number of carbonyl (C=O) groups excluding carboxylic acids is 3. The lowest BCUT2D eigenvalue weighted by molar-refractivity contribution is -0.144. The third kappa shape index (κ3) is 3.07. The second kappa shape index (κ2) is 7.30. The lowest BCUT2D eigenvalue weighted by Crippen LogP contribution is -2.45. The van der Waals surface area contributed by atoms with Crippen LogP contribution >= 0.6 is 11.6 Å². The van der Waals surface area contributed by atoms with Crippen molar-refractivity contribution in [3.05, 3.63) is 35.4 Å². The Morgan fingerprint density at radius 3 is 2.57 bits per heavy atom. The zero-order chi connectivity index (χ0) is 21.0. The van der Waals surface area contributed by atoms with Gasteiger partial charge in [-0.2, -0.15) is 0 Å². The molecule has 5 atom stereocenters. The number of carbonyl (C=O) groups is 3. The standard InChI is InChI=1S/C22H24ClN3O4/c1-30-17-5-4-14(23)9-16(17)25-7-6-15(10-25)24-18(27)11-26-21(28)19-12-2-3-13(8-12)20(19)22(26)29/h2-5,9,12-13,15,19-20H,6-8,10-11H2,1H3,(H,24,27). The van der Waals surface area contributed by atoms with E-state index in [4.69, 9.17) is 16.3 Å². The van der Waals surface area contributed by atoms with Gasteiger partial charge in [0.25, 0.3) is 0 Å². The number of anilines is 1. The van der Waals surface area contributed by atoms with Crippen molar-refractivity contribution in [1.29, 1.82) is 0 Å². The molecule has 2 aliphatic carbocycles. The first-order valence-electron chi connectivity index (χ1n) is 10.4. The largest absolute Gasteiger partial charge is 0.495 e. The van der Waals surface area contributed by atoms with Crippen molar-refractivity contribution in [2.45, 2.75) is 18.9 Å². The number of nitrogens with zero attached hydrogens (tertiary/aromatic N) is 2. The molecule has 5 rings (SSSR count). The Bertz CT molecular complexity index is 918. The third-order valence-corrected chi connectivity index (χ3v) is 7.13. The summed E-state index contributed by atoms with van der Waals surface area (Å²) in [5, 5.41) is 3.61. The van der Waals surface area contributed by atoms with Crippen LogP contribution in [0.5, 0.6) is 5.75 Å². The van der Waals surface area contributed by atoms with Crippen molar-refractivity contribution in [2.24, 2.45) is 23.7 Å². The Kier molecular flexibility index (Phi) is 4.73. The average Bonchev–Trinajstić information content (AvgIpc) is 3.49. The molecule has 5 unspecified atom stereocenters. The molecule has 1 aromatic carbocycles. The van der Waals surface area contributed by atoms with E-state index in [1.165, 1.54) is 4.90 Å². The van der Waals surface area contributed by atoms with Crippen LogP contribution in [0.15, 0.2) is 30.4 Å². The monoisotopic (exact) mass is 429 g/mol. The Morgan fingerprint density at radius 1 is 1.20 bits per heavy atom. The molecular weight excluding hydrogens is 406 g/mol. The average molecular weight is 430 g/mol. The minimum atomic E-state index is -0.290. The SMILES string of the molecule is COc1ccc(Cl)cc1N1CCC(NC(=O)CN2C(=O)C3C4C=CC(C4)C3C2=O)C1. The summed E-state index contributed by atoms with van der Waals surface area (Å²) < 4.78 is 5.43. The van der Waals surface area contributed by atoms with E-state index < -0.39 is 0 Å². The summed E-state index contributed by atoms with van der Waals surface area (Å²) in [7, 11) is 1.61.